The van der Waals surface area contributed by atoms with Crippen molar-refractivity contribution in [1.82, 2.24) is 19.7 Å². The Morgan fingerprint density at radius 3 is 2.57 bits per heavy atom. The van der Waals surface area contributed by atoms with E-state index in [9.17, 15) is 8.78 Å². The smallest absolute Gasteiger partial charge is 0.195 e. The average Bonchev–Trinajstić information content (AvgIpc) is 2.85. The van der Waals surface area contributed by atoms with Crippen LogP contribution in [0.1, 0.15) is 5.56 Å². The van der Waals surface area contributed by atoms with Gasteiger partial charge >= 0.3 is 0 Å². The molecule has 4 nitrogen and oxygen atoms in total. The lowest BCUT2D eigenvalue weighted by atomic mass is 10.2. The van der Waals surface area contributed by atoms with Crippen LogP contribution < -0.4 is 0 Å². The molecule has 1 aromatic carbocycles. The van der Waals surface area contributed by atoms with Gasteiger partial charge in [0.25, 0.3) is 0 Å². The number of halogens is 2. The number of aromatic amines is 1. The monoisotopic (exact) mass is 304 g/mol. The van der Waals surface area contributed by atoms with E-state index in [1.165, 1.54) is 6.07 Å². The first-order valence-corrected chi connectivity index (χ1v) is 6.55. The van der Waals surface area contributed by atoms with Crippen LogP contribution in [-0.2, 0) is 6.54 Å². The number of benzene rings is 1. The number of hydrogen-bond acceptors (Lipinski definition) is 3. The highest BCUT2D eigenvalue weighted by molar-refractivity contribution is 7.71. The van der Waals surface area contributed by atoms with E-state index in [0.29, 0.717) is 22.7 Å². The predicted molar refractivity (Wildman–Crippen MR) is 76.1 cm³/mol. The number of pyridine rings is 1. The molecule has 106 valence electrons. The number of aromatic nitrogens is 4. The lowest BCUT2D eigenvalue weighted by molar-refractivity contribution is 0.506. The summed E-state index contributed by atoms with van der Waals surface area (Å²) in [5.41, 5.74) is 1.43. The Bertz CT molecular complexity index is 826. The quantitative estimate of drug-likeness (QED) is 0.755. The summed E-state index contributed by atoms with van der Waals surface area (Å²) >= 11 is 5.19. The summed E-state index contributed by atoms with van der Waals surface area (Å²) < 4.78 is 28.4. The molecule has 0 saturated heterocycles. The maximum absolute atomic E-state index is 13.3. The van der Waals surface area contributed by atoms with Crippen molar-refractivity contribution in [2.45, 2.75) is 6.54 Å². The van der Waals surface area contributed by atoms with Gasteiger partial charge in [-0.25, -0.2) is 8.78 Å². The van der Waals surface area contributed by atoms with Gasteiger partial charge in [0.05, 0.1) is 6.54 Å². The molecule has 0 aliphatic rings. The molecule has 2 aromatic heterocycles. The Balaban J connectivity index is 2.01. The normalized spacial score (nSPS) is 10.8. The largest absolute Gasteiger partial charge is 0.296 e. The highest BCUT2D eigenvalue weighted by Crippen LogP contribution is 2.18. The van der Waals surface area contributed by atoms with E-state index < -0.39 is 11.6 Å². The van der Waals surface area contributed by atoms with Gasteiger partial charge in [-0.05, 0) is 42.0 Å². The van der Waals surface area contributed by atoms with Crippen molar-refractivity contribution in [2.75, 3.05) is 0 Å². The lowest BCUT2D eigenvalue weighted by Crippen LogP contribution is -2.03. The third-order valence-corrected chi connectivity index (χ3v) is 3.33. The van der Waals surface area contributed by atoms with Crippen LogP contribution in [0.15, 0.2) is 42.7 Å². The van der Waals surface area contributed by atoms with Gasteiger partial charge in [-0.1, -0.05) is 6.07 Å². The number of H-pyrrole nitrogens is 1. The molecule has 0 fully saturated rings. The van der Waals surface area contributed by atoms with Gasteiger partial charge in [0.15, 0.2) is 22.2 Å². The molecule has 0 atom stereocenters. The molecule has 0 aliphatic heterocycles. The first-order valence-electron chi connectivity index (χ1n) is 6.14. The second-order valence-corrected chi connectivity index (χ2v) is 4.81. The molecule has 0 unspecified atom stereocenters. The zero-order chi connectivity index (χ0) is 14.8. The van der Waals surface area contributed by atoms with Crippen molar-refractivity contribution < 1.29 is 8.78 Å². The summed E-state index contributed by atoms with van der Waals surface area (Å²) in [4.78, 5) is 3.95. The fourth-order valence-electron chi connectivity index (χ4n) is 2.01. The molecule has 1 N–H and O–H groups in total. The van der Waals surface area contributed by atoms with E-state index in [1.807, 2.05) is 0 Å². The molecule has 0 radical (unpaired) electrons. The van der Waals surface area contributed by atoms with Gasteiger partial charge < -0.3 is 0 Å². The van der Waals surface area contributed by atoms with Crippen molar-refractivity contribution in [1.29, 1.82) is 0 Å². The van der Waals surface area contributed by atoms with Crippen LogP contribution in [-0.4, -0.2) is 19.7 Å². The van der Waals surface area contributed by atoms with Crippen LogP contribution >= 0.6 is 12.2 Å². The number of hydrogen-bond donors (Lipinski definition) is 1. The van der Waals surface area contributed by atoms with Crippen molar-refractivity contribution >= 4 is 12.2 Å². The van der Waals surface area contributed by atoms with E-state index in [0.717, 1.165) is 17.7 Å². The molecule has 0 saturated carbocycles. The van der Waals surface area contributed by atoms with Crippen LogP contribution in [0.2, 0.25) is 0 Å². The molecule has 21 heavy (non-hydrogen) atoms. The van der Waals surface area contributed by atoms with Crippen LogP contribution in [0, 0.1) is 16.4 Å². The van der Waals surface area contributed by atoms with E-state index in [4.69, 9.17) is 12.2 Å². The van der Waals surface area contributed by atoms with Gasteiger partial charge in [-0.15, -0.1) is 0 Å². The van der Waals surface area contributed by atoms with E-state index in [2.05, 4.69) is 15.2 Å². The van der Waals surface area contributed by atoms with Crippen molar-refractivity contribution in [3.8, 4) is 11.4 Å². The SMILES string of the molecule is Fc1ccc(Cn2c(-c3ccncc3)n[nH]c2=S)cc1F. The molecule has 3 rings (SSSR count). The Morgan fingerprint density at radius 1 is 1.10 bits per heavy atom. The molecule has 0 bridgehead atoms. The zero-order valence-electron chi connectivity index (χ0n) is 10.8. The minimum Gasteiger partial charge on any atom is -0.296 e. The van der Waals surface area contributed by atoms with Crippen LogP contribution in [0.4, 0.5) is 8.78 Å². The van der Waals surface area contributed by atoms with Crippen molar-refractivity contribution in [3.05, 3.63) is 64.7 Å². The minimum atomic E-state index is -0.882. The topological polar surface area (TPSA) is 46.5 Å². The highest BCUT2D eigenvalue weighted by atomic mass is 32.1. The van der Waals surface area contributed by atoms with Crippen molar-refractivity contribution in [3.63, 3.8) is 0 Å². The minimum absolute atomic E-state index is 0.296. The van der Waals surface area contributed by atoms with Crippen molar-refractivity contribution in [2.24, 2.45) is 0 Å². The van der Waals surface area contributed by atoms with Gasteiger partial charge in [-0.2, -0.15) is 5.10 Å². The third-order valence-electron chi connectivity index (χ3n) is 3.02. The molecule has 0 amide bonds. The van der Waals surface area contributed by atoms with E-state index >= 15 is 0 Å². The summed E-state index contributed by atoms with van der Waals surface area (Å²) in [7, 11) is 0. The fourth-order valence-corrected chi connectivity index (χ4v) is 2.20. The summed E-state index contributed by atoms with van der Waals surface area (Å²) in [5, 5.41) is 6.88. The molecular weight excluding hydrogens is 294 g/mol. The third kappa shape index (κ3) is 2.73. The van der Waals surface area contributed by atoms with Crippen LogP contribution in [0.3, 0.4) is 0 Å². The van der Waals surface area contributed by atoms with Crippen LogP contribution in [0.5, 0.6) is 0 Å². The van der Waals surface area contributed by atoms with Gasteiger partial charge in [0.1, 0.15) is 0 Å². The van der Waals surface area contributed by atoms with E-state index in [-0.39, 0.29) is 0 Å². The average molecular weight is 304 g/mol. The molecular formula is C14H10F2N4S. The second-order valence-electron chi connectivity index (χ2n) is 4.42. The van der Waals surface area contributed by atoms with Gasteiger partial charge in [-0.3, -0.25) is 14.6 Å². The maximum atomic E-state index is 13.3. The van der Waals surface area contributed by atoms with Gasteiger partial charge in [0.2, 0.25) is 0 Å². The Morgan fingerprint density at radius 2 is 1.86 bits per heavy atom. The molecule has 2 heterocycles. The number of rotatable bonds is 3. The summed E-state index contributed by atoms with van der Waals surface area (Å²) in [6, 6.07) is 7.36. The highest BCUT2D eigenvalue weighted by Gasteiger charge is 2.10. The number of nitrogens with zero attached hydrogens (tertiary/aromatic N) is 3. The predicted octanol–water partition coefficient (Wildman–Crippen LogP) is 3.33. The standard InChI is InChI=1S/C14H10F2N4S/c15-11-2-1-9(7-12(11)16)8-20-13(18-19-14(20)21)10-3-5-17-6-4-10/h1-7H,8H2,(H,19,21). The summed E-state index contributed by atoms with van der Waals surface area (Å²) in [6.07, 6.45) is 3.30. The van der Waals surface area contributed by atoms with Gasteiger partial charge in [0, 0.05) is 18.0 Å². The molecule has 0 aliphatic carbocycles. The fraction of sp³-hybridized carbons (Fsp3) is 0.0714. The second kappa shape index (κ2) is 5.53. The molecule has 7 heteroatoms. The first kappa shape index (κ1) is 13.6. The van der Waals surface area contributed by atoms with E-state index in [1.54, 1.807) is 29.1 Å². The summed E-state index contributed by atoms with van der Waals surface area (Å²) in [6.45, 7) is 0.296. The lowest BCUT2D eigenvalue weighted by Gasteiger charge is -2.07. The Hall–Kier alpha value is -2.41. The molecule has 0 spiro atoms. The number of nitrogens with one attached hydrogen (secondary N) is 1. The Kier molecular flexibility index (Phi) is 3.57. The zero-order valence-corrected chi connectivity index (χ0v) is 11.6. The summed E-state index contributed by atoms with van der Waals surface area (Å²) in [5.74, 6) is -1.14. The maximum Gasteiger partial charge on any atom is 0.195 e. The molecule has 3 aromatic rings. The van der Waals surface area contributed by atoms with Crippen LogP contribution in [0.25, 0.3) is 11.4 Å². The Labute approximate surface area is 124 Å². The first-order chi connectivity index (χ1) is 10.1.